The first-order valence-corrected chi connectivity index (χ1v) is 11.0. The largest absolute Gasteiger partial charge is 0.395 e. The molecule has 3 fully saturated rings. The van der Waals surface area contributed by atoms with Gasteiger partial charge in [0.2, 0.25) is 0 Å². The van der Waals surface area contributed by atoms with Crippen LogP contribution in [0.1, 0.15) is 62.5 Å². The summed E-state index contributed by atoms with van der Waals surface area (Å²) in [7, 11) is 0. The molecular formula is C24H34N2O. The van der Waals surface area contributed by atoms with Crippen molar-refractivity contribution in [1.82, 2.24) is 9.80 Å². The second kappa shape index (κ2) is 8.78. The second-order valence-corrected chi connectivity index (χ2v) is 8.66. The smallest absolute Gasteiger partial charge is 0.0593 e. The number of nitrogens with zero attached hydrogens (tertiary/aromatic N) is 2. The van der Waals surface area contributed by atoms with Gasteiger partial charge in [-0.05, 0) is 68.8 Å². The third-order valence-electron chi connectivity index (χ3n) is 6.57. The first kappa shape index (κ1) is 19.0. The van der Waals surface area contributed by atoms with E-state index in [-0.39, 0.29) is 12.6 Å². The highest BCUT2D eigenvalue weighted by molar-refractivity contribution is 5.39. The number of hydrogen-bond donors (Lipinski definition) is 1. The highest BCUT2D eigenvalue weighted by Gasteiger charge is 2.49. The second-order valence-electron chi connectivity index (χ2n) is 8.66. The van der Waals surface area contributed by atoms with Gasteiger partial charge in [-0.25, -0.2) is 0 Å². The van der Waals surface area contributed by atoms with Crippen molar-refractivity contribution in [2.24, 2.45) is 5.92 Å². The van der Waals surface area contributed by atoms with E-state index >= 15 is 0 Å². The molecule has 2 aliphatic heterocycles. The lowest BCUT2D eigenvalue weighted by Gasteiger charge is -2.57. The third kappa shape index (κ3) is 4.40. The molecule has 0 radical (unpaired) electrons. The normalized spacial score (nSPS) is 29.0. The van der Waals surface area contributed by atoms with Gasteiger partial charge in [0.05, 0.1) is 6.61 Å². The number of benzene rings is 1. The van der Waals surface area contributed by atoms with Crippen molar-refractivity contribution in [2.75, 3.05) is 32.8 Å². The standard InChI is InChI=1S/C24H34N2O/c1-2-3-4-7-19-10-12-21(13-11-19)24-22-17-25(16-20-8-9-20)14-5-6-15-26(22)23(24)18-27/h10-13,20,22-24,27H,2-3,5-6,8-9,14-18H2,1H3/t22-,23+,24+/m0/s1. The number of fused-ring (bicyclic) bond motifs is 1. The van der Waals surface area contributed by atoms with Crippen LogP contribution in [-0.4, -0.2) is 59.8 Å². The van der Waals surface area contributed by atoms with Gasteiger partial charge in [0.1, 0.15) is 0 Å². The van der Waals surface area contributed by atoms with Gasteiger partial charge in [0.25, 0.3) is 0 Å². The van der Waals surface area contributed by atoms with Crippen LogP contribution >= 0.6 is 0 Å². The van der Waals surface area contributed by atoms with Gasteiger partial charge in [-0.15, -0.1) is 0 Å². The van der Waals surface area contributed by atoms with Gasteiger partial charge in [0.15, 0.2) is 0 Å². The summed E-state index contributed by atoms with van der Waals surface area (Å²) in [6, 6.07) is 9.68. The van der Waals surface area contributed by atoms with Crippen molar-refractivity contribution in [3.8, 4) is 11.8 Å². The average Bonchev–Trinajstić information content (AvgIpc) is 3.48. The minimum atomic E-state index is 0.266. The molecule has 0 aromatic heterocycles. The van der Waals surface area contributed by atoms with E-state index in [0.29, 0.717) is 12.0 Å². The summed E-state index contributed by atoms with van der Waals surface area (Å²) in [4.78, 5) is 5.29. The van der Waals surface area contributed by atoms with Crippen LogP contribution in [0.2, 0.25) is 0 Å². The molecule has 146 valence electrons. The maximum atomic E-state index is 10.1. The first-order valence-electron chi connectivity index (χ1n) is 11.0. The van der Waals surface area contributed by atoms with Crippen LogP contribution in [0.4, 0.5) is 0 Å². The Morgan fingerprint density at radius 3 is 2.59 bits per heavy atom. The molecule has 1 saturated carbocycles. The lowest BCUT2D eigenvalue weighted by atomic mass is 9.74. The van der Waals surface area contributed by atoms with Crippen LogP contribution in [-0.2, 0) is 0 Å². The van der Waals surface area contributed by atoms with Gasteiger partial charge in [-0.1, -0.05) is 30.9 Å². The van der Waals surface area contributed by atoms with E-state index in [9.17, 15) is 5.11 Å². The zero-order chi connectivity index (χ0) is 18.6. The van der Waals surface area contributed by atoms with Crippen LogP contribution in [0.5, 0.6) is 0 Å². The first-order chi connectivity index (χ1) is 13.3. The minimum Gasteiger partial charge on any atom is -0.395 e. The molecule has 3 aliphatic rings. The fourth-order valence-electron chi connectivity index (χ4n) is 4.92. The monoisotopic (exact) mass is 366 g/mol. The van der Waals surface area contributed by atoms with Crippen molar-refractivity contribution < 1.29 is 5.11 Å². The Kier molecular flexibility index (Phi) is 6.18. The molecule has 0 unspecified atom stereocenters. The van der Waals surface area contributed by atoms with E-state index in [1.165, 1.54) is 44.3 Å². The predicted octanol–water partition coefficient (Wildman–Crippen LogP) is 3.47. The summed E-state index contributed by atoms with van der Waals surface area (Å²) in [5, 5.41) is 10.1. The van der Waals surface area contributed by atoms with Crippen LogP contribution in [0.25, 0.3) is 0 Å². The zero-order valence-electron chi connectivity index (χ0n) is 16.7. The quantitative estimate of drug-likeness (QED) is 0.809. The molecule has 1 aliphatic carbocycles. The Bertz CT molecular complexity index is 670. The molecule has 3 heteroatoms. The van der Waals surface area contributed by atoms with Gasteiger partial charge >= 0.3 is 0 Å². The van der Waals surface area contributed by atoms with Crippen LogP contribution in [0.3, 0.4) is 0 Å². The lowest BCUT2D eigenvalue weighted by Crippen LogP contribution is -2.67. The Morgan fingerprint density at radius 2 is 1.89 bits per heavy atom. The topological polar surface area (TPSA) is 26.7 Å². The predicted molar refractivity (Wildman–Crippen MR) is 111 cm³/mol. The molecule has 0 bridgehead atoms. The summed E-state index contributed by atoms with van der Waals surface area (Å²) in [6.07, 6.45) is 7.48. The van der Waals surface area contributed by atoms with Crippen molar-refractivity contribution >= 4 is 0 Å². The van der Waals surface area contributed by atoms with Crippen molar-refractivity contribution in [3.05, 3.63) is 35.4 Å². The molecule has 1 aromatic rings. The molecule has 4 rings (SSSR count). The molecule has 0 amide bonds. The van der Waals surface area contributed by atoms with Crippen molar-refractivity contribution in [3.63, 3.8) is 0 Å². The third-order valence-corrected chi connectivity index (χ3v) is 6.57. The highest BCUT2D eigenvalue weighted by atomic mass is 16.3. The minimum absolute atomic E-state index is 0.266. The molecular weight excluding hydrogens is 332 g/mol. The Hall–Kier alpha value is -1.34. The van der Waals surface area contributed by atoms with Gasteiger partial charge in [-0.3, -0.25) is 4.90 Å². The molecule has 0 spiro atoms. The number of aliphatic hydroxyl groups excluding tert-OH is 1. The van der Waals surface area contributed by atoms with Gasteiger partial charge < -0.3 is 10.0 Å². The molecule has 3 nitrogen and oxygen atoms in total. The van der Waals surface area contributed by atoms with E-state index in [2.05, 4.69) is 52.8 Å². The Balaban J connectivity index is 1.48. The fraction of sp³-hybridized carbons (Fsp3) is 0.667. The summed E-state index contributed by atoms with van der Waals surface area (Å²) in [5.41, 5.74) is 2.49. The van der Waals surface area contributed by atoms with E-state index < -0.39 is 0 Å². The van der Waals surface area contributed by atoms with E-state index in [4.69, 9.17) is 0 Å². The van der Waals surface area contributed by atoms with Crippen LogP contribution in [0.15, 0.2) is 24.3 Å². The lowest BCUT2D eigenvalue weighted by molar-refractivity contribution is -0.0649. The zero-order valence-corrected chi connectivity index (χ0v) is 16.7. The van der Waals surface area contributed by atoms with E-state index in [1.807, 2.05) is 0 Å². The van der Waals surface area contributed by atoms with Crippen molar-refractivity contribution in [2.45, 2.75) is 63.5 Å². The fourth-order valence-corrected chi connectivity index (χ4v) is 4.92. The Morgan fingerprint density at radius 1 is 1.11 bits per heavy atom. The molecule has 27 heavy (non-hydrogen) atoms. The maximum Gasteiger partial charge on any atom is 0.0593 e. The number of rotatable bonds is 5. The van der Waals surface area contributed by atoms with E-state index in [0.717, 1.165) is 37.4 Å². The highest BCUT2D eigenvalue weighted by Crippen LogP contribution is 2.42. The molecule has 3 atom stereocenters. The van der Waals surface area contributed by atoms with Gasteiger partial charge in [-0.2, -0.15) is 0 Å². The average molecular weight is 367 g/mol. The maximum absolute atomic E-state index is 10.1. The number of hydrogen-bond acceptors (Lipinski definition) is 3. The summed E-state index contributed by atoms with van der Waals surface area (Å²) < 4.78 is 0. The molecule has 1 N–H and O–H groups in total. The number of aliphatic hydroxyl groups is 1. The summed E-state index contributed by atoms with van der Waals surface area (Å²) in [6.45, 7) is 7.27. The van der Waals surface area contributed by atoms with Gasteiger partial charge in [0, 0.05) is 43.1 Å². The molecule has 1 aromatic carbocycles. The molecule has 2 heterocycles. The van der Waals surface area contributed by atoms with Crippen LogP contribution in [0, 0.1) is 17.8 Å². The molecule has 2 saturated heterocycles. The van der Waals surface area contributed by atoms with Crippen LogP contribution < -0.4 is 0 Å². The van der Waals surface area contributed by atoms with Crippen molar-refractivity contribution in [1.29, 1.82) is 0 Å². The summed E-state index contributed by atoms with van der Waals surface area (Å²) in [5.74, 6) is 7.90. The Labute approximate surface area is 164 Å². The summed E-state index contributed by atoms with van der Waals surface area (Å²) >= 11 is 0. The van der Waals surface area contributed by atoms with E-state index in [1.54, 1.807) is 0 Å². The number of unbranched alkanes of at least 4 members (excludes halogenated alkanes) is 1. The SMILES string of the molecule is CCCC#Cc1ccc([C@H]2[C@@H](CO)N3CCCCN(CC4CC4)C[C@@H]23)cc1.